The molecule has 1 heterocycles. The van der Waals surface area contributed by atoms with Crippen molar-refractivity contribution >= 4 is 0 Å². The van der Waals surface area contributed by atoms with Gasteiger partial charge in [-0.1, -0.05) is 43.8 Å². The second-order valence-corrected chi connectivity index (χ2v) is 6.49. The Hall–Kier alpha value is -0.318. The number of rotatable bonds is 6. The van der Waals surface area contributed by atoms with E-state index in [0.717, 1.165) is 18.4 Å². The molecule has 2 bridgehead atoms. The Morgan fingerprint density at radius 2 is 2.33 bits per heavy atom. The van der Waals surface area contributed by atoms with Crippen LogP contribution in [-0.2, 0) is 27.0 Å². The standard InChI is InChI=1S/C19H27N.Pd/c1-3-15(4-2)7-5-11-20-12-6-8-19(20)18-14-16-9-10-17(18)13-16;/h3,6,12,14,16-18H,4-5,7,9-11,13H2,1-2H3;/q-2;+2/b15-3+;. The third kappa shape index (κ3) is 3.72. The molecule has 1 aromatic heterocycles. The normalized spacial score (nSPS) is 27.9. The van der Waals surface area contributed by atoms with Gasteiger partial charge in [0.25, 0.3) is 0 Å². The third-order valence-electron chi connectivity index (χ3n) is 5.37. The fourth-order valence-corrected chi connectivity index (χ4v) is 4.18. The number of nitrogens with zero attached hydrogens (tertiary/aromatic N) is 1. The second kappa shape index (κ2) is 7.80. The number of allylic oxidation sites excluding steroid dienone is 2. The minimum Gasteiger partial charge on any atom is -0.448 e. The third-order valence-corrected chi connectivity index (χ3v) is 5.37. The second-order valence-electron chi connectivity index (χ2n) is 6.49. The van der Waals surface area contributed by atoms with Crippen molar-refractivity contribution in [2.75, 3.05) is 0 Å². The first-order chi connectivity index (χ1) is 9.81. The van der Waals surface area contributed by atoms with Crippen molar-refractivity contribution in [3.63, 3.8) is 0 Å². The molecule has 1 nitrogen and oxygen atoms in total. The van der Waals surface area contributed by atoms with E-state index < -0.39 is 0 Å². The molecular formula is C19H27NPd. The fourth-order valence-electron chi connectivity index (χ4n) is 4.18. The molecule has 3 unspecified atom stereocenters. The van der Waals surface area contributed by atoms with Gasteiger partial charge >= 0.3 is 20.4 Å². The molecule has 1 aromatic rings. The molecule has 3 rings (SSSR count). The zero-order valence-electron chi connectivity index (χ0n) is 13.3. The molecule has 0 amide bonds. The minimum atomic E-state index is 0. The van der Waals surface area contributed by atoms with E-state index in [2.05, 4.69) is 49.2 Å². The molecule has 0 spiro atoms. The summed E-state index contributed by atoms with van der Waals surface area (Å²) in [6.07, 6.45) is 15.1. The number of aromatic nitrogens is 1. The van der Waals surface area contributed by atoms with Crippen molar-refractivity contribution in [2.45, 2.75) is 64.8 Å². The van der Waals surface area contributed by atoms with Crippen LogP contribution >= 0.6 is 0 Å². The smallest absolute Gasteiger partial charge is 0.448 e. The zero-order chi connectivity index (χ0) is 13.9. The van der Waals surface area contributed by atoms with E-state index in [1.807, 2.05) is 0 Å². The SMILES string of the molecule is C/C=C(\CC)CCCn1cc[c-]c1C1[CH-]C2CCC1C2.[Pd+2]. The average molecular weight is 376 g/mol. The van der Waals surface area contributed by atoms with Crippen molar-refractivity contribution in [1.29, 1.82) is 0 Å². The van der Waals surface area contributed by atoms with Gasteiger partial charge in [-0.25, -0.2) is 12.1 Å². The molecule has 0 N–H and O–H groups in total. The topological polar surface area (TPSA) is 4.93 Å². The number of aryl methyl sites for hydroxylation is 1. The van der Waals surface area contributed by atoms with Crippen molar-refractivity contribution in [2.24, 2.45) is 11.8 Å². The Bertz CT molecular complexity index is 474. The van der Waals surface area contributed by atoms with E-state index >= 15 is 0 Å². The van der Waals surface area contributed by atoms with E-state index in [1.165, 1.54) is 44.2 Å². The van der Waals surface area contributed by atoms with Gasteiger partial charge in [-0.2, -0.15) is 5.92 Å². The largest absolute Gasteiger partial charge is 2.00 e. The molecule has 3 atom stereocenters. The van der Waals surface area contributed by atoms with E-state index in [1.54, 1.807) is 5.57 Å². The Labute approximate surface area is 143 Å². The molecule has 2 aliphatic rings. The quantitative estimate of drug-likeness (QED) is 0.368. The van der Waals surface area contributed by atoms with Crippen LogP contribution in [0.25, 0.3) is 0 Å². The summed E-state index contributed by atoms with van der Waals surface area (Å²) in [5.74, 6) is 2.50. The van der Waals surface area contributed by atoms with Crippen molar-refractivity contribution in [3.05, 3.63) is 42.1 Å². The molecule has 21 heavy (non-hydrogen) atoms. The van der Waals surface area contributed by atoms with Gasteiger partial charge < -0.3 is 11.0 Å². The number of fused-ring (bicyclic) bond motifs is 2. The summed E-state index contributed by atoms with van der Waals surface area (Å²) in [6.45, 7) is 5.57. The maximum Gasteiger partial charge on any atom is 2.00 e. The monoisotopic (exact) mass is 375 g/mol. The Morgan fingerprint density at radius 3 is 2.95 bits per heavy atom. The molecular weight excluding hydrogens is 349 g/mol. The van der Waals surface area contributed by atoms with Crippen LogP contribution in [0.5, 0.6) is 0 Å². The van der Waals surface area contributed by atoms with Gasteiger partial charge in [-0.15, -0.1) is 17.8 Å². The van der Waals surface area contributed by atoms with E-state index in [-0.39, 0.29) is 20.4 Å². The fraction of sp³-hybridized carbons (Fsp3) is 0.632. The summed E-state index contributed by atoms with van der Waals surface area (Å²) in [6, 6.07) is 5.63. The van der Waals surface area contributed by atoms with Crippen molar-refractivity contribution in [1.82, 2.24) is 4.57 Å². The van der Waals surface area contributed by atoms with Crippen LogP contribution in [0, 0.1) is 24.3 Å². The molecule has 2 heteroatoms. The first-order valence-corrected chi connectivity index (χ1v) is 8.37. The average Bonchev–Trinajstić information content (AvgIpc) is 3.18. The van der Waals surface area contributed by atoms with Gasteiger partial charge in [0.15, 0.2) is 0 Å². The van der Waals surface area contributed by atoms with Gasteiger partial charge in [0.05, 0.1) is 0 Å². The molecule has 0 aromatic carbocycles. The molecule has 0 aliphatic heterocycles. The van der Waals surface area contributed by atoms with Crippen LogP contribution in [-0.4, -0.2) is 4.57 Å². The van der Waals surface area contributed by atoms with E-state index in [4.69, 9.17) is 0 Å². The first-order valence-electron chi connectivity index (χ1n) is 8.37. The minimum absolute atomic E-state index is 0. The summed E-state index contributed by atoms with van der Waals surface area (Å²) >= 11 is 0. The van der Waals surface area contributed by atoms with Gasteiger partial charge in [0.2, 0.25) is 0 Å². The van der Waals surface area contributed by atoms with Crippen LogP contribution < -0.4 is 0 Å². The molecule has 2 fully saturated rings. The van der Waals surface area contributed by atoms with E-state index in [9.17, 15) is 0 Å². The van der Waals surface area contributed by atoms with Crippen molar-refractivity contribution in [3.8, 4) is 0 Å². The van der Waals surface area contributed by atoms with Gasteiger partial charge in [0, 0.05) is 6.54 Å². The maximum absolute atomic E-state index is 3.52. The molecule has 118 valence electrons. The van der Waals surface area contributed by atoms with E-state index in [0.29, 0.717) is 5.92 Å². The van der Waals surface area contributed by atoms with Crippen molar-refractivity contribution < 1.29 is 20.4 Å². The molecule has 0 saturated heterocycles. The summed E-state index contributed by atoms with van der Waals surface area (Å²) in [5, 5.41) is 0. The summed E-state index contributed by atoms with van der Waals surface area (Å²) in [7, 11) is 0. The Morgan fingerprint density at radius 1 is 1.48 bits per heavy atom. The van der Waals surface area contributed by atoms with Gasteiger partial charge in [0.1, 0.15) is 0 Å². The van der Waals surface area contributed by atoms with Crippen LogP contribution in [0.4, 0.5) is 0 Å². The van der Waals surface area contributed by atoms with Gasteiger partial charge in [-0.3, -0.25) is 0 Å². The first kappa shape index (κ1) is 17.0. The van der Waals surface area contributed by atoms with Gasteiger partial charge in [-0.05, 0) is 26.2 Å². The molecule has 2 saturated carbocycles. The van der Waals surface area contributed by atoms with Crippen LogP contribution in [0.1, 0.15) is 64.0 Å². The predicted octanol–water partition coefficient (Wildman–Crippen LogP) is 5.14. The van der Waals surface area contributed by atoms with Crippen LogP contribution in [0.15, 0.2) is 23.9 Å². The predicted molar refractivity (Wildman–Crippen MR) is 84.4 cm³/mol. The number of hydrogen-bond acceptors (Lipinski definition) is 0. The summed E-state index contributed by atoms with van der Waals surface area (Å²) in [4.78, 5) is 0. The maximum atomic E-state index is 3.52. The zero-order valence-corrected chi connectivity index (χ0v) is 14.8. The Kier molecular flexibility index (Phi) is 6.33. The van der Waals surface area contributed by atoms with Crippen LogP contribution in [0.3, 0.4) is 0 Å². The summed E-state index contributed by atoms with van der Waals surface area (Å²) < 4.78 is 2.46. The van der Waals surface area contributed by atoms with Crippen LogP contribution in [0.2, 0.25) is 0 Å². The molecule has 2 aliphatic carbocycles. The molecule has 0 radical (unpaired) electrons. The Balaban J connectivity index is 0.00000161. The number of hydrogen-bond donors (Lipinski definition) is 0. The summed E-state index contributed by atoms with van der Waals surface area (Å²) in [5.41, 5.74) is 3.05.